The fraction of sp³-hybridized carbons (Fsp3) is 0.412. The highest BCUT2D eigenvalue weighted by atomic mass is 16.5. The van der Waals surface area contributed by atoms with Crippen LogP contribution in [0, 0.1) is 24.2 Å². The van der Waals surface area contributed by atoms with Crippen LogP contribution in [0.2, 0.25) is 0 Å². The Kier molecular flexibility index (Phi) is 4.67. The van der Waals surface area contributed by atoms with E-state index in [4.69, 9.17) is 4.74 Å². The average molecular weight is 309 g/mol. The number of aromatic nitrogens is 3. The number of nitrogens with zero attached hydrogens (tertiary/aromatic N) is 5. The molecule has 1 aliphatic rings. The second-order valence-corrected chi connectivity index (χ2v) is 5.67. The van der Waals surface area contributed by atoms with Crippen molar-refractivity contribution in [2.24, 2.45) is 5.92 Å². The van der Waals surface area contributed by atoms with E-state index in [9.17, 15) is 5.26 Å². The standard InChI is InChI=1S/C17H19N5O/c1-13-17(21-8-7-19-13)23-12-14-4-9-22(10-5-14)16-15(11-18)3-2-6-20-16/h2-3,6-8,14H,4-5,9-10,12H2,1H3. The maximum Gasteiger partial charge on any atom is 0.235 e. The number of rotatable bonds is 4. The minimum atomic E-state index is 0.488. The molecule has 0 N–H and O–H groups in total. The Balaban J connectivity index is 1.55. The minimum Gasteiger partial charge on any atom is -0.476 e. The van der Waals surface area contributed by atoms with E-state index in [0.29, 0.717) is 24.0 Å². The molecule has 1 fully saturated rings. The molecule has 1 aliphatic heterocycles. The Bertz CT molecular complexity index is 704. The summed E-state index contributed by atoms with van der Waals surface area (Å²) >= 11 is 0. The van der Waals surface area contributed by atoms with Crippen LogP contribution in [-0.4, -0.2) is 34.6 Å². The van der Waals surface area contributed by atoms with E-state index in [0.717, 1.165) is 37.4 Å². The Morgan fingerprint density at radius 1 is 1.22 bits per heavy atom. The number of aryl methyl sites for hydroxylation is 1. The molecule has 23 heavy (non-hydrogen) atoms. The molecule has 0 saturated carbocycles. The summed E-state index contributed by atoms with van der Waals surface area (Å²) in [5, 5.41) is 9.19. The Morgan fingerprint density at radius 2 is 2.00 bits per heavy atom. The highest BCUT2D eigenvalue weighted by Gasteiger charge is 2.22. The normalized spacial score (nSPS) is 15.2. The smallest absolute Gasteiger partial charge is 0.235 e. The van der Waals surface area contributed by atoms with Crippen molar-refractivity contribution in [3.63, 3.8) is 0 Å². The van der Waals surface area contributed by atoms with E-state index in [1.165, 1.54) is 0 Å². The van der Waals surface area contributed by atoms with Crippen molar-refractivity contribution >= 4 is 5.82 Å². The second kappa shape index (κ2) is 7.05. The first-order valence-electron chi connectivity index (χ1n) is 7.78. The molecule has 3 rings (SSSR count). The summed E-state index contributed by atoms with van der Waals surface area (Å²) in [5.74, 6) is 1.90. The van der Waals surface area contributed by atoms with Gasteiger partial charge >= 0.3 is 0 Å². The maximum atomic E-state index is 9.19. The average Bonchev–Trinajstić information content (AvgIpc) is 2.61. The molecular formula is C17H19N5O. The SMILES string of the molecule is Cc1nccnc1OCC1CCN(c2ncccc2C#N)CC1. The molecule has 0 amide bonds. The van der Waals surface area contributed by atoms with E-state index in [-0.39, 0.29) is 0 Å². The van der Waals surface area contributed by atoms with Crippen LogP contribution in [0.25, 0.3) is 0 Å². The van der Waals surface area contributed by atoms with Gasteiger partial charge in [-0.2, -0.15) is 5.26 Å². The van der Waals surface area contributed by atoms with Crippen LogP contribution in [0.15, 0.2) is 30.7 Å². The van der Waals surface area contributed by atoms with Crippen LogP contribution in [0.4, 0.5) is 5.82 Å². The van der Waals surface area contributed by atoms with Crippen molar-refractivity contribution in [3.05, 3.63) is 42.0 Å². The Labute approximate surface area is 135 Å². The Hall–Kier alpha value is -2.68. The van der Waals surface area contributed by atoms with Gasteiger partial charge in [0.05, 0.1) is 17.9 Å². The molecule has 0 aromatic carbocycles. The van der Waals surface area contributed by atoms with Gasteiger partial charge in [0.2, 0.25) is 5.88 Å². The predicted molar refractivity (Wildman–Crippen MR) is 86.2 cm³/mol. The molecule has 0 spiro atoms. The third-order valence-corrected chi connectivity index (χ3v) is 4.11. The summed E-state index contributed by atoms with van der Waals surface area (Å²) in [5.41, 5.74) is 1.45. The highest BCUT2D eigenvalue weighted by molar-refractivity contribution is 5.53. The lowest BCUT2D eigenvalue weighted by molar-refractivity contribution is 0.214. The van der Waals surface area contributed by atoms with Crippen LogP contribution in [0.5, 0.6) is 5.88 Å². The zero-order chi connectivity index (χ0) is 16.1. The molecule has 0 aliphatic carbocycles. The van der Waals surface area contributed by atoms with Gasteiger partial charge in [0, 0.05) is 31.7 Å². The molecule has 6 heteroatoms. The first kappa shape index (κ1) is 15.2. The van der Waals surface area contributed by atoms with Crippen molar-refractivity contribution in [2.75, 3.05) is 24.6 Å². The minimum absolute atomic E-state index is 0.488. The van der Waals surface area contributed by atoms with E-state index < -0.39 is 0 Å². The fourth-order valence-electron chi connectivity index (χ4n) is 2.78. The molecule has 0 bridgehead atoms. The number of pyridine rings is 1. The number of hydrogen-bond acceptors (Lipinski definition) is 6. The highest BCUT2D eigenvalue weighted by Crippen LogP contribution is 2.24. The second-order valence-electron chi connectivity index (χ2n) is 5.67. The van der Waals surface area contributed by atoms with Crippen molar-refractivity contribution in [1.29, 1.82) is 5.26 Å². The quantitative estimate of drug-likeness (QED) is 0.863. The number of anilines is 1. The lowest BCUT2D eigenvalue weighted by atomic mass is 9.97. The van der Waals surface area contributed by atoms with E-state index in [1.807, 2.05) is 13.0 Å². The van der Waals surface area contributed by atoms with Gasteiger partial charge in [-0.15, -0.1) is 0 Å². The molecule has 1 saturated heterocycles. The summed E-state index contributed by atoms with van der Waals surface area (Å²) in [7, 11) is 0. The summed E-state index contributed by atoms with van der Waals surface area (Å²) in [4.78, 5) is 14.9. The predicted octanol–water partition coefficient (Wildman–Crippen LogP) is 2.35. The molecule has 2 aromatic heterocycles. The summed E-state index contributed by atoms with van der Waals surface area (Å²) < 4.78 is 5.80. The van der Waals surface area contributed by atoms with Crippen LogP contribution < -0.4 is 9.64 Å². The van der Waals surface area contributed by atoms with Crippen LogP contribution >= 0.6 is 0 Å². The lowest BCUT2D eigenvalue weighted by Gasteiger charge is -2.33. The molecule has 118 valence electrons. The first-order chi connectivity index (χ1) is 11.3. The van der Waals surface area contributed by atoms with Gasteiger partial charge in [0.15, 0.2) is 0 Å². The van der Waals surface area contributed by atoms with Crippen molar-refractivity contribution in [2.45, 2.75) is 19.8 Å². The van der Waals surface area contributed by atoms with Gasteiger partial charge < -0.3 is 9.64 Å². The number of piperidine rings is 1. The summed E-state index contributed by atoms with van der Waals surface area (Å²) in [6.07, 6.45) is 7.08. The third kappa shape index (κ3) is 3.57. The molecule has 0 radical (unpaired) electrons. The molecule has 2 aromatic rings. The number of hydrogen-bond donors (Lipinski definition) is 0. The van der Waals surface area contributed by atoms with Crippen LogP contribution in [-0.2, 0) is 0 Å². The summed E-state index contributed by atoms with van der Waals surface area (Å²) in [6.45, 7) is 4.33. The molecule has 0 unspecified atom stereocenters. The Morgan fingerprint density at radius 3 is 2.74 bits per heavy atom. The monoisotopic (exact) mass is 309 g/mol. The van der Waals surface area contributed by atoms with Gasteiger partial charge in [-0.05, 0) is 37.8 Å². The van der Waals surface area contributed by atoms with Gasteiger partial charge in [-0.25, -0.2) is 9.97 Å². The summed E-state index contributed by atoms with van der Waals surface area (Å²) in [6, 6.07) is 5.82. The molecule has 0 atom stereocenters. The zero-order valence-corrected chi connectivity index (χ0v) is 13.1. The van der Waals surface area contributed by atoms with Gasteiger partial charge in [-0.1, -0.05) is 0 Å². The van der Waals surface area contributed by atoms with E-state index in [2.05, 4.69) is 25.9 Å². The largest absolute Gasteiger partial charge is 0.476 e. The lowest BCUT2D eigenvalue weighted by Crippen LogP contribution is -2.36. The van der Waals surface area contributed by atoms with E-state index >= 15 is 0 Å². The fourth-order valence-corrected chi connectivity index (χ4v) is 2.78. The topological polar surface area (TPSA) is 74.9 Å². The van der Waals surface area contributed by atoms with Gasteiger partial charge in [0.1, 0.15) is 11.9 Å². The number of ether oxygens (including phenoxy) is 1. The van der Waals surface area contributed by atoms with Crippen LogP contribution in [0.3, 0.4) is 0 Å². The van der Waals surface area contributed by atoms with Gasteiger partial charge in [-0.3, -0.25) is 4.98 Å². The molecular weight excluding hydrogens is 290 g/mol. The molecule has 3 heterocycles. The number of nitriles is 1. The van der Waals surface area contributed by atoms with E-state index in [1.54, 1.807) is 24.7 Å². The molecule has 6 nitrogen and oxygen atoms in total. The van der Waals surface area contributed by atoms with Crippen molar-refractivity contribution < 1.29 is 4.74 Å². The maximum absolute atomic E-state index is 9.19. The van der Waals surface area contributed by atoms with Crippen molar-refractivity contribution in [3.8, 4) is 11.9 Å². The zero-order valence-electron chi connectivity index (χ0n) is 13.1. The van der Waals surface area contributed by atoms with Gasteiger partial charge in [0.25, 0.3) is 0 Å². The van der Waals surface area contributed by atoms with Crippen LogP contribution in [0.1, 0.15) is 24.1 Å². The first-order valence-corrected chi connectivity index (χ1v) is 7.78. The third-order valence-electron chi connectivity index (χ3n) is 4.11. The van der Waals surface area contributed by atoms with Crippen molar-refractivity contribution in [1.82, 2.24) is 15.0 Å².